The van der Waals surface area contributed by atoms with Gasteiger partial charge in [0.25, 0.3) is 0 Å². The van der Waals surface area contributed by atoms with Crippen LogP contribution in [-0.4, -0.2) is 51.0 Å². The van der Waals surface area contributed by atoms with Crippen molar-refractivity contribution in [2.75, 3.05) is 20.2 Å². The van der Waals surface area contributed by atoms with Crippen molar-refractivity contribution in [2.24, 2.45) is 5.92 Å². The van der Waals surface area contributed by atoms with Gasteiger partial charge < -0.3 is 14.2 Å². The van der Waals surface area contributed by atoms with Crippen molar-refractivity contribution in [3.8, 4) is 17.1 Å². The van der Waals surface area contributed by atoms with E-state index in [1.807, 2.05) is 40.7 Å². The molecule has 3 rings (SSSR count). The molecule has 1 saturated heterocycles. The average Bonchev–Trinajstić information content (AvgIpc) is 3.10. The molecule has 1 aliphatic heterocycles. The third-order valence-corrected chi connectivity index (χ3v) is 6.17. The Kier molecular flexibility index (Phi) is 6.42. The molecule has 0 saturated carbocycles. The number of para-hydroxylation sites is 1. The minimum absolute atomic E-state index is 0.182. The number of carbonyl (C=O) groups excluding carboxylic acids is 1. The molecule has 2 heterocycles. The van der Waals surface area contributed by atoms with E-state index in [4.69, 9.17) is 4.74 Å². The molecule has 1 amide bonds. The fraction of sp³-hybridized carbons (Fsp3) is 0.550. The first-order chi connectivity index (χ1) is 13.0. The lowest BCUT2D eigenvalue weighted by molar-refractivity contribution is -0.131. The van der Waals surface area contributed by atoms with Gasteiger partial charge in [-0.15, -0.1) is 10.2 Å². The van der Waals surface area contributed by atoms with E-state index in [1.165, 1.54) is 11.8 Å². The maximum absolute atomic E-state index is 12.8. The predicted molar refractivity (Wildman–Crippen MR) is 108 cm³/mol. The van der Waals surface area contributed by atoms with Crippen LogP contribution in [0.15, 0.2) is 29.4 Å². The van der Waals surface area contributed by atoms with Crippen molar-refractivity contribution in [3.05, 3.63) is 24.3 Å². The van der Waals surface area contributed by atoms with E-state index in [0.29, 0.717) is 5.92 Å². The normalized spacial score (nSPS) is 16.4. The minimum Gasteiger partial charge on any atom is -0.496 e. The molecule has 0 radical (unpaired) electrons. The highest BCUT2D eigenvalue weighted by atomic mass is 32.2. The molecular weight excluding hydrogens is 360 g/mol. The second kappa shape index (κ2) is 8.78. The molecule has 1 aromatic carbocycles. The zero-order chi connectivity index (χ0) is 19.4. The maximum atomic E-state index is 12.8. The van der Waals surface area contributed by atoms with E-state index in [-0.39, 0.29) is 11.2 Å². The molecular formula is C20H28N4O2S. The van der Waals surface area contributed by atoms with Crippen LogP contribution in [0.4, 0.5) is 0 Å². The van der Waals surface area contributed by atoms with E-state index in [9.17, 15) is 4.79 Å². The summed E-state index contributed by atoms with van der Waals surface area (Å²) in [7, 11) is 1.65. The standard InChI is InChI=1S/C20H28N4O2S/c1-5-24-18(16-8-6-7-9-17(16)26-4)21-22-20(24)27-15(3)19(25)23-12-10-14(2)11-13-23/h6-9,14-15H,5,10-13H2,1-4H3/t15-/m1/s1. The summed E-state index contributed by atoms with van der Waals surface area (Å²) in [6.07, 6.45) is 2.18. The summed E-state index contributed by atoms with van der Waals surface area (Å²) < 4.78 is 7.51. The first kappa shape index (κ1) is 19.7. The molecule has 1 fully saturated rings. The fourth-order valence-electron chi connectivity index (χ4n) is 3.38. The molecule has 0 bridgehead atoms. The van der Waals surface area contributed by atoms with Crippen LogP contribution in [0.1, 0.15) is 33.6 Å². The number of ether oxygens (including phenoxy) is 1. The third kappa shape index (κ3) is 4.29. The summed E-state index contributed by atoms with van der Waals surface area (Å²) in [5, 5.41) is 9.34. The van der Waals surface area contributed by atoms with Crippen LogP contribution in [0, 0.1) is 5.92 Å². The molecule has 1 aromatic heterocycles. The minimum atomic E-state index is -0.182. The molecule has 2 aromatic rings. The molecule has 6 nitrogen and oxygen atoms in total. The molecule has 146 valence electrons. The van der Waals surface area contributed by atoms with Crippen LogP contribution in [0.5, 0.6) is 5.75 Å². The van der Waals surface area contributed by atoms with Crippen LogP contribution >= 0.6 is 11.8 Å². The van der Waals surface area contributed by atoms with Gasteiger partial charge in [0.15, 0.2) is 11.0 Å². The van der Waals surface area contributed by atoms with Gasteiger partial charge in [0.2, 0.25) is 5.91 Å². The number of hydrogen-bond donors (Lipinski definition) is 0. The highest BCUT2D eigenvalue weighted by molar-refractivity contribution is 8.00. The number of thioether (sulfide) groups is 1. The van der Waals surface area contributed by atoms with Gasteiger partial charge in [-0.3, -0.25) is 4.79 Å². The lowest BCUT2D eigenvalue weighted by Crippen LogP contribution is -2.41. The zero-order valence-corrected chi connectivity index (χ0v) is 17.3. The molecule has 27 heavy (non-hydrogen) atoms. The first-order valence-electron chi connectivity index (χ1n) is 9.57. The zero-order valence-electron chi connectivity index (χ0n) is 16.5. The summed E-state index contributed by atoms with van der Waals surface area (Å²) in [5.74, 6) is 2.44. The fourth-order valence-corrected chi connectivity index (χ4v) is 4.38. The van der Waals surface area contributed by atoms with E-state index < -0.39 is 0 Å². The Hall–Kier alpha value is -2.02. The topological polar surface area (TPSA) is 60.2 Å². The Balaban J connectivity index is 1.77. The Morgan fingerprint density at radius 2 is 2.00 bits per heavy atom. The average molecular weight is 389 g/mol. The Morgan fingerprint density at radius 3 is 2.67 bits per heavy atom. The van der Waals surface area contributed by atoms with Gasteiger partial charge in [0, 0.05) is 19.6 Å². The summed E-state index contributed by atoms with van der Waals surface area (Å²) in [5.41, 5.74) is 0.908. The van der Waals surface area contributed by atoms with E-state index in [0.717, 1.165) is 54.8 Å². The van der Waals surface area contributed by atoms with Crippen LogP contribution in [0.25, 0.3) is 11.4 Å². The maximum Gasteiger partial charge on any atom is 0.235 e. The van der Waals surface area contributed by atoms with Crippen LogP contribution in [0.3, 0.4) is 0 Å². The molecule has 0 N–H and O–H groups in total. The van der Waals surface area contributed by atoms with Crippen molar-refractivity contribution in [2.45, 2.75) is 50.6 Å². The lowest BCUT2D eigenvalue weighted by Gasteiger charge is -2.31. The molecule has 1 atom stereocenters. The number of aromatic nitrogens is 3. The quantitative estimate of drug-likeness (QED) is 0.706. The Bertz CT molecular complexity index is 784. The smallest absolute Gasteiger partial charge is 0.235 e. The number of rotatable bonds is 6. The van der Waals surface area contributed by atoms with Gasteiger partial charge in [0.05, 0.1) is 17.9 Å². The number of nitrogens with zero attached hydrogens (tertiary/aromatic N) is 4. The molecule has 0 spiro atoms. The van der Waals surface area contributed by atoms with Gasteiger partial charge >= 0.3 is 0 Å². The number of methoxy groups -OCH3 is 1. The highest BCUT2D eigenvalue weighted by Gasteiger charge is 2.27. The number of benzene rings is 1. The summed E-state index contributed by atoms with van der Waals surface area (Å²) in [6.45, 7) is 8.72. The number of hydrogen-bond acceptors (Lipinski definition) is 5. The van der Waals surface area contributed by atoms with E-state index >= 15 is 0 Å². The second-order valence-corrected chi connectivity index (χ2v) is 8.33. The summed E-state index contributed by atoms with van der Waals surface area (Å²) in [4.78, 5) is 14.8. The van der Waals surface area contributed by atoms with Crippen LogP contribution in [-0.2, 0) is 11.3 Å². The van der Waals surface area contributed by atoms with Crippen LogP contribution < -0.4 is 4.74 Å². The molecule has 7 heteroatoms. The second-order valence-electron chi connectivity index (χ2n) is 7.02. The molecule has 1 aliphatic rings. The van der Waals surface area contributed by atoms with E-state index in [2.05, 4.69) is 24.0 Å². The van der Waals surface area contributed by atoms with Crippen molar-refractivity contribution >= 4 is 17.7 Å². The Labute approximate surface area is 165 Å². The van der Waals surface area contributed by atoms with Gasteiger partial charge in [-0.2, -0.15) is 0 Å². The van der Waals surface area contributed by atoms with Crippen LogP contribution in [0.2, 0.25) is 0 Å². The SMILES string of the molecule is CCn1c(S[C@H](C)C(=O)N2CCC(C)CC2)nnc1-c1ccccc1OC. The van der Waals surface area contributed by atoms with Crippen molar-refractivity contribution in [1.29, 1.82) is 0 Å². The first-order valence-corrected chi connectivity index (χ1v) is 10.4. The largest absolute Gasteiger partial charge is 0.496 e. The third-order valence-electron chi connectivity index (χ3n) is 5.11. The molecule has 0 aliphatic carbocycles. The van der Waals surface area contributed by atoms with Crippen molar-refractivity contribution in [3.63, 3.8) is 0 Å². The monoisotopic (exact) mass is 388 g/mol. The Morgan fingerprint density at radius 1 is 1.30 bits per heavy atom. The van der Waals surface area contributed by atoms with Crippen molar-refractivity contribution in [1.82, 2.24) is 19.7 Å². The predicted octanol–water partition coefficient (Wildman–Crippen LogP) is 3.71. The molecule has 0 unspecified atom stereocenters. The summed E-state index contributed by atoms with van der Waals surface area (Å²) >= 11 is 1.48. The number of piperidine rings is 1. The highest BCUT2D eigenvalue weighted by Crippen LogP contribution is 2.32. The van der Waals surface area contributed by atoms with Gasteiger partial charge in [-0.05, 0) is 44.7 Å². The summed E-state index contributed by atoms with van der Waals surface area (Å²) in [6, 6.07) is 7.79. The van der Waals surface area contributed by atoms with Gasteiger partial charge in [-0.25, -0.2) is 0 Å². The van der Waals surface area contributed by atoms with Gasteiger partial charge in [-0.1, -0.05) is 30.8 Å². The lowest BCUT2D eigenvalue weighted by atomic mass is 9.99. The number of carbonyl (C=O) groups is 1. The number of amides is 1. The van der Waals surface area contributed by atoms with Gasteiger partial charge in [0.1, 0.15) is 5.75 Å². The van der Waals surface area contributed by atoms with E-state index in [1.54, 1.807) is 7.11 Å². The van der Waals surface area contributed by atoms with Crippen molar-refractivity contribution < 1.29 is 9.53 Å². The number of likely N-dealkylation sites (tertiary alicyclic amines) is 1.